The number of halogens is 1. The molecule has 9 nitrogen and oxygen atoms in total. The van der Waals surface area contributed by atoms with Crippen LogP contribution in [0.1, 0.15) is 42.4 Å². The molecule has 0 aliphatic carbocycles. The number of nitrogens with one attached hydrogen (secondary N) is 3. The number of H-pyrrole nitrogens is 1. The first-order chi connectivity index (χ1) is 21.1. The first-order valence-electron chi connectivity index (χ1n) is 14.8. The number of amides is 3. The Morgan fingerprint density at radius 1 is 1.09 bits per heavy atom. The van der Waals surface area contributed by atoms with Gasteiger partial charge in [-0.05, 0) is 74.0 Å². The molecule has 0 bridgehead atoms. The van der Waals surface area contributed by atoms with Crippen LogP contribution < -0.4 is 15.4 Å². The van der Waals surface area contributed by atoms with E-state index in [4.69, 9.17) is 16.3 Å². The minimum atomic E-state index is -1.05. The molecule has 232 valence electrons. The lowest BCUT2D eigenvalue weighted by molar-refractivity contribution is -0.118. The number of anilines is 1. The number of nitrogens with zero attached hydrogens (tertiary/aromatic N) is 2. The van der Waals surface area contributed by atoms with Crippen LogP contribution in [0.25, 0.3) is 10.9 Å². The Hall–Kier alpha value is -4.05. The Kier molecular flexibility index (Phi) is 9.48. The second kappa shape index (κ2) is 13.3. The Morgan fingerprint density at radius 2 is 1.80 bits per heavy atom. The number of aliphatic hydroxyl groups is 1. The Balaban J connectivity index is 1.38. The van der Waals surface area contributed by atoms with E-state index in [-0.39, 0.29) is 17.9 Å². The largest absolute Gasteiger partial charge is 0.495 e. The average molecular weight is 618 g/mol. The molecule has 10 heteroatoms. The molecule has 2 atom stereocenters. The average Bonchev–Trinajstić information content (AvgIpc) is 3.44. The van der Waals surface area contributed by atoms with Gasteiger partial charge in [-0.3, -0.25) is 4.79 Å². The number of urea groups is 1. The number of rotatable bonds is 9. The van der Waals surface area contributed by atoms with E-state index in [0.29, 0.717) is 48.9 Å². The molecule has 3 amide bonds. The Bertz CT molecular complexity index is 1610. The fourth-order valence-corrected chi connectivity index (χ4v) is 6.07. The highest BCUT2D eigenvalue weighted by atomic mass is 35.5. The maximum Gasteiger partial charge on any atom is 0.318 e. The number of hydrogen-bond donors (Lipinski definition) is 4. The molecule has 1 aromatic heterocycles. The summed E-state index contributed by atoms with van der Waals surface area (Å²) in [6.07, 6.45) is 2.63. The quantitative estimate of drug-likeness (QED) is 0.193. The molecule has 0 unspecified atom stereocenters. The van der Waals surface area contributed by atoms with Gasteiger partial charge >= 0.3 is 6.03 Å². The molecule has 5 rings (SSSR count). The summed E-state index contributed by atoms with van der Waals surface area (Å²) in [5.41, 5.74) is 3.15. The topological polar surface area (TPSA) is 110 Å². The van der Waals surface area contributed by atoms with Crippen LogP contribution in [0, 0.1) is 0 Å². The zero-order valence-electron chi connectivity index (χ0n) is 25.6. The summed E-state index contributed by atoms with van der Waals surface area (Å²) in [5.74, 6) is -0.198. The van der Waals surface area contributed by atoms with E-state index in [1.165, 1.54) is 0 Å². The van der Waals surface area contributed by atoms with Crippen molar-refractivity contribution in [3.8, 4) is 5.75 Å². The van der Waals surface area contributed by atoms with Gasteiger partial charge in [-0.25, -0.2) is 4.79 Å². The second-order valence-electron chi connectivity index (χ2n) is 11.8. The Labute approximate surface area is 263 Å². The van der Waals surface area contributed by atoms with Crippen molar-refractivity contribution < 1.29 is 19.4 Å². The minimum Gasteiger partial charge on any atom is -0.495 e. The standard InChI is InChI=1S/C34H40ClN5O4/c1-22(27-20-36-28-8-6-5-7-26(27)28)31(32(41)37-29-19-23(21-39(2)3)9-14-30(29)44-4)38-33(42)40-17-15-34(43,16-18-40)24-10-12-25(35)13-11-24/h5-14,19-20,22,31,36,43H,15-18,21H2,1-4H3,(H,37,41)(H,38,42)/t22-,31-/m1/s1. The molecule has 4 N–H and O–H groups in total. The van der Waals surface area contributed by atoms with Crippen molar-refractivity contribution in [3.63, 3.8) is 0 Å². The van der Waals surface area contributed by atoms with E-state index in [9.17, 15) is 14.7 Å². The molecule has 44 heavy (non-hydrogen) atoms. The number of carbonyl (C=O) groups excluding carboxylic acids is 2. The summed E-state index contributed by atoms with van der Waals surface area (Å²) in [7, 11) is 5.52. The third-order valence-corrected chi connectivity index (χ3v) is 8.71. The number of carbonyl (C=O) groups is 2. The number of benzene rings is 3. The normalized spacial score (nSPS) is 16.0. The molecule has 1 aliphatic heterocycles. The number of likely N-dealkylation sites (tertiary alicyclic amines) is 1. The van der Waals surface area contributed by atoms with Crippen molar-refractivity contribution >= 4 is 40.1 Å². The number of aromatic amines is 1. The minimum absolute atomic E-state index is 0.334. The molecular weight excluding hydrogens is 578 g/mol. The van der Waals surface area contributed by atoms with Crippen molar-refractivity contribution in [2.45, 2.75) is 43.9 Å². The van der Waals surface area contributed by atoms with Crippen molar-refractivity contribution in [2.75, 3.05) is 39.6 Å². The summed E-state index contributed by atoms with van der Waals surface area (Å²) < 4.78 is 5.56. The van der Waals surface area contributed by atoms with Crippen LogP contribution in [0.3, 0.4) is 0 Å². The van der Waals surface area contributed by atoms with E-state index in [2.05, 4.69) is 15.6 Å². The van der Waals surface area contributed by atoms with E-state index < -0.39 is 11.6 Å². The zero-order valence-corrected chi connectivity index (χ0v) is 26.3. The SMILES string of the molecule is COc1ccc(CN(C)C)cc1NC(=O)[C@H](NC(=O)N1CCC(O)(c2ccc(Cl)cc2)CC1)[C@H](C)c1c[nH]c2ccccc12. The van der Waals surface area contributed by atoms with Gasteiger partial charge in [0.2, 0.25) is 5.91 Å². The van der Waals surface area contributed by atoms with Gasteiger partial charge < -0.3 is 35.3 Å². The van der Waals surface area contributed by atoms with Crippen LogP contribution in [-0.4, -0.2) is 72.2 Å². The molecule has 0 spiro atoms. The van der Waals surface area contributed by atoms with Gasteiger partial charge in [0.15, 0.2) is 0 Å². The van der Waals surface area contributed by atoms with Gasteiger partial charge in [-0.15, -0.1) is 0 Å². The van der Waals surface area contributed by atoms with Gasteiger partial charge in [-0.2, -0.15) is 0 Å². The smallest absolute Gasteiger partial charge is 0.318 e. The van der Waals surface area contributed by atoms with E-state index in [1.54, 1.807) is 24.1 Å². The van der Waals surface area contributed by atoms with Crippen LogP contribution in [0.5, 0.6) is 5.75 Å². The van der Waals surface area contributed by atoms with Crippen LogP contribution in [-0.2, 0) is 16.9 Å². The number of methoxy groups -OCH3 is 1. The van der Waals surface area contributed by atoms with Crippen LogP contribution in [0.15, 0.2) is 72.9 Å². The summed E-state index contributed by atoms with van der Waals surface area (Å²) in [6.45, 7) is 3.30. The summed E-state index contributed by atoms with van der Waals surface area (Å²) in [6, 6.07) is 19.5. The van der Waals surface area contributed by atoms with Crippen LogP contribution in [0.4, 0.5) is 10.5 Å². The predicted molar refractivity (Wildman–Crippen MR) is 174 cm³/mol. The van der Waals surface area contributed by atoms with Gasteiger partial charge in [0.05, 0.1) is 18.4 Å². The zero-order chi connectivity index (χ0) is 31.4. The van der Waals surface area contributed by atoms with E-state index in [0.717, 1.165) is 27.6 Å². The molecule has 1 saturated heterocycles. The highest BCUT2D eigenvalue weighted by Crippen LogP contribution is 2.34. The highest BCUT2D eigenvalue weighted by molar-refractivity contribution is 6.30. The van der Waals surface area contributed by atoms with Gasteiger partial charge in [0, 0.05) is 47.7 Å². The maximum atomic E-state index is 14.0. The number of fused-ring (bicyclic) bond motifs is 1. The fourth-order valence-electron chi connectivity index (χ4n) is 5.95. The number of para-hydroxylation sites is 1. The lowest BCUT2D eigenvalue weighted by Crippen LogP contribution is -2.54. The number of ether oxygens (including phenoxy) is 1. The number of hydrogen-bond acceptors (Lipinski definition) is 5. The molecule has 1 aliphatic rings. The van der Waals surface area contributed by atoms with Crippen LogP contribution in [0.2, 0.25) is 5.02 Å². The number of piperidine rings is 1. The monoisotopic (exact) mass is 617 g/mol. The number of aromatic nitrogens is 1. The third kappa shape index (κ3) is 6.85. The molecule has 0 radical (unpaired) electrons. The lowest BCUT2D eigenvalue weighted by atomic mass is 9.84. The predicted octanol–water partition coefficient (Wildman–Crippen LogP) is 5.70. The molecular formula is C34H40ClN5O4. The van der Waals surface area contributed by atoms with E-state index >= 15 is 0 Å². The molecule has 4 aromatic rings. The second-order valence-corrected chi connectivity index (χ2v) is 12.2. The lowest BCUT2D eigenvalue weighted by Gasteiger charge is -2.39. The fraction of sp³-hybridized carbons (Fsp3) is 0.353. The van der Waals surface area contributed by atoms with Crippen molar-refractivity contribution in [1.82, 2.24) is 20.1 Å². The van der Waals surface area contributed by atoms with Crippen LogP contribution >= 0.6 is 11.6 Å². The molecule has 1 fully saturated rings. The summed E-state index contributed by atoms with van der Waals surface area (Å²) in [5, 5.41) is 19.0. The summed E-state index contributed by atoms with van der Waals surface area (Å²) >= 11 is 6.04. The maximum absolute atomic E-state index is 14.0. The first kappa shape index (κ1) is 31.4. The molecule has 3 aromatic carbocycles. The third-order valence-electron chi connectivity index (χ3n) is 8.45. The highest BCUT2D eigenvalue weighted by Gasteiger charge is 2.37. The van der Waals surface area contributed by atoms with Gasteiger partial charge in [0.1, 0.15) is 11.8 Å². The Morgan fingerprint density at radius 3 is 2.48 bits per heavy atom. The summed E-state index contributed by atoms with van der Waals surface area (Å²) in [4.78, 5) is 34.7. The molecule has 0 saturated carbocycles. The molecule has 2 heterocycles. The van der Waals surface area contributed by atoms with Crippen molar-refractivity contribution in [3.05, 3.63) is 94.6 Å². The van der Waals surface area contributed by atoms with Crippen molar-refractivity contribution in [2.24, 2.45) is 0 Å². The van der Waals surface area contributed by atoms with Gasteiger partial charge in [0.25, 0.3) is 0 Å². The van der Waals surface area contributed by atoms with E-state index in [1.807, 2.05) is 86.7 Å². The first-order valence-corrected chi connectivity index (χ1v) is 15.2. The van der Waals surface area contributed by atoms with Gasteiger partial charge in [-0.1, -0.05) is 54.9 Å². The van der Waals surface area contributed by atoms with Crippen molar-refractivity contribution in [1.29, 1.82) is 0 Å².